The summed E-state index contributed by atoms with van der Waals surface area (Å²) in [7, 11) is 0. The van der Waals surface area contributed by atoms with Gasteiger partial charge in [0.05, 0.1) is 18.8 Å². The lowest BCUT2D eigenvalue weighted by atomic mass is 10.00. The van der Waals surface area contributed by atoms with Crippen LogP contribution < -0.4 is 10.5 Å². The molecule has 1 aromatic rings. The van der Waals surface area contributed by atoms with Crippen molar-refractivity contribution in [1.82, 2.24) is 0 Å². The van der Waals surface area contributed by atoms with Gasteiger partial charge in [-0.05, 0) is 24.1 Å². The first-order valence-corrected chi connectivity index (χ1v) is 4.88. The summed E-state index contributed by atoms with van der Waals surface area (Å²) < 4.78 is 5.39. The van der Waals surface area contributed by atoms with E-state index in [0.717, 1.165) is 24.3 Å². The lowest BCUT2D eigenvalue weighted by Gasteiger charge is -2.15. The highest BCUT2D eigenvalue weighted by Crippen LogP contribution is 2.28. The second-order valence-electron chi connectivity index (χ2n) is 3.73. The Kier molecular flexibility index (Phi) is 3.97. The Bertz CT molecular complexity index is 341. The van der Waals surface area contributed by atoms with Crippen LogP contribution in [0, 0.1) is 0 Å². The van der Waals surface area contributed by atoms with Crippen molar-refractivity contribution >= 4 is 12.4 Å². The number of hydrogen-bond acceptors (Lipinski definition) is 3. The van der Waals surface area contributed by atoms with Crippen molar-refractivity contribution < 1.29 is 9.84 Å². The number of rotatable bonds is 2. The minimum absolute atomic E-state index is 0. The molecule has 1 heterocycles. The smallest absolute Gasteiger partial charge is 0.122 e. The lowest BCUT2D eigenvalue weighted by Crippen LogP contribution is -2.23. The number of ether oxygens (including phenoxy) is 1. The van der Waals surface area contributed by atoms with Crippen LogP contribution in [-0.4, -0.2) is 17.8 Å². The van der Waals surface area contributed by atoms with Crippen molar-refractivity contribution in [2.75, 3.05) is 6.61 Å². The van der Waals surface area contributed by atoms with Crippen LogP contribution in [0.3, 0.4) is 0 Å². The van der Waals surface area contributed by atoms with E-state index >= 15 is 0 Å². The second-order valence-corrected chi connectivity index (χ2v) is 3.73. The molecule has 0 bridgehead atoms. The van der Waals surface area contributed by atoms with E-state index in [4.69, 9.17) is 10.5 Å². The molecular formula is C11H16ClNO2. The maximum atomic E-state index is 9.37. The Morgan fingerprint density at radius 1 is 1.47 bits per heavy atom. The predicted molar refractivity (Wildman–Crippen MR) is 61.5 cm³/mol. The zero-order chi connectivity index (χ0) is 10.1. The molecule has 0 saturated heterocycles. The topological polar surface area (TPSA) is 55.5 Å². The van der Waals surface area contributed by atoms with Gasteiger partial charge >= 0.3 is 0 Å². The van der Waals surface area contributed by atoms with Crippen LogP contribution in [0.4, 0.5) is 0 Å². The predicted octanol–water partition coefficient (Wildman–Crippen LogP) is 1.42. The largest absolute Gasteiger partial charge is 0.493 e. The van der Waals surface area contributed by atoms with Gasteiger partial charge in [0.2, 0.25) is 0 Å². The molecule has 0 aromatic heterocycles. The van der Waals surface area contributed by atoms with Crippen molar-refractivity contribution in [2.24, 2.45) is 5.73 Å². The molecule has 0 aliphatic carbocycles. The SMILES string of the molecule is C[C@H](O)[C@H](N)c1ccc2c(c1)CCO2.Cl. The van der Waals surface area contributed by atoms with Crippen molar-refractivity contribution in [3.63, 3.8) is 0 Å². The molecule has 2 atom stereocenters. The average molecular weight is 230 g/mol. The number of benzene rings is 1. The van der Waals surface area contributed by atoms with Crippen molar-refractivity contribution in [1.29, 1.82) is 0 Å². The van der Waals surface area contributed by atoms with E-state index in [2.05, 4.69) is 0 Å². The molecule has 4 heteroatoms. The lowest BCUT2D eigenvalue weighted by molar-refractivity contribution is 0.164. The van der Waals surface area contributed by atoms with E-state index in [1.807, 2.05) is 18.2 Å². The van der Waals surface area contributed by atoms with Gasteiger partial charge < -0.3 is 15.6 Å². The van der Waals surface area contributed by atoms with Crippen molar-refractivity contribution in [2.45, 2.75) is 25.5 Å². The van der Waals surface area contributed by atoms with E-state index in [-0.39, 0.29) is 18.4 Å². The molecule has 2 rings (SSSR count). The van der Waals surface area contributed by atoms with Crippen LogP contribution in [-0.2, 0) is 6.42 Å². The number of nitrogens with two attached hydrogens (primary N) is 1. The Hall–Kier alpha value is -0.770. The third kappa shape index (κ3) is 2.43. The molecule has 1 aliphatic heterocycles. The summed E-state index contributed by atoms with van der Waals surface area (Å²) in [4.78, 5) is 0. The fraction of sp³-hybridized carbons (Fsp3) is 0.455. The fourth-order valence-electron chi connectivity index (χ4n) is 1.69. The van der Waals surface area contributed by atoms with Crippen LogP contribution in [0.5, 0.6) is 5.75 Å². The van der Waals surface area contributed by atoms with Gasteiger partial charge in [0.15, 0.2) is 0 Å². The monoisotopic (exact) mass is 229 g/mol. The zero-order valence-electron chi connectivity index (χ0n) is 8.64. The van der Waals surface area contributed by atoms with Gasteiger partial charge in [0.25, 0.3) is 0 Å². The summed E-state index contributed by atoms with van der Waals surface area (Å²) in [5.74, 6) is 0.951. The zero-order valence-corrected chi connectivity index (χ0v) is 9.46. The highest BCUT2D eigenvalue weighted by atomic mass is 35.5. The van der Waals surface area contributed by atoms with Gasteiger partial charge in [0, 0.05) is 6.42 Å². The maximum absolute atomic E-state index is 9.37. The van der Waals surface area contributed by atoms with Crippen molar-refractivity contribution in [3.05, 3.63) is 29.3 Å². The summed E-state index contributed by atoms with van der Waals surface area (Å²) in [6, 6.07) is 5.57. The first-order chi connectivity index (χ1) is 6.68. The summed E-state index contributed by atoms with van der Waals surface area (Å²) in [6.07, 6.45) is 0.422. The van der Waals surface area contributed by atoms with E-state index in [1.165, 1.54) is 5.56 Å². The third-order valence-corrected chi connectivity index (χ3v) is 2.62. The van der Waals surface area contributed by atoms with Gasteiger partial charge in [-0.25, -0.2) is 0 Å². The van der Waals surface area contributed by atoms with Gasteiger partial charge in [-0.3, -0.25) is 0 Å². The molecular weight excluding hydrogens is 214 g/mol. The first kappa shape index (κ1) is 12.3. The summed E-state index contributed by atoms with van der Waals surface area (Å²) >= 11 is 0. The number of aliphatic hydroxyl groups is 1. The van der Waals surface area contributed by atoms with E-state index in [0.29, 0.717) is 0 Å². The van der Waals surface area contributed by atoms with Crippen LogP contribution in [0.15, 0.2) is 18.2 Å². The molecule has 0 amide bonds. The molecule has 0 unspecified atom stereocenters. The van der Waals surface area contributed by atoms with Gasteiger partial charge in [-0.2, -0.15) is 0 Å². The number of aliphatic hydroxyl groups excluding tert-OH is 1. The highest BCUT2D eigenvalue weighted by Gasteiger charge is 2.16. The molecule has 0 saturated carbocycles. The van der Waals surface area contributed by atoms with Crippen LogP contribution in [0.25, 0.3) is 0 Å². The van der Waals surface area contributed by atoms with Gasteiger partial charge in [-0.15, -0.1) is 12.4 Å². The summed E-state index contributed by atoms with van der Waals surface area (Å²) in [5.41, 5.74) is 8.01. The molecule has 3 nitrogen and oxygen atoms in total. The standard InChI is InChI=1S/C11H15NO2.ClH/c1-7(13)11(12)9-2-3-10-8(6-9)4-5-14-10;/h2-3,6-7,11,13H,4-5,12H2,1H3;1H/t7-,11-;/m0./s1. The number of fused-ring (bicyclic) bond motifs is 1. The average Bonchev–Trinajstić information content (AvgIpc) is 2.62. The maximum Gasteiger partial charge on any atom is 0.122 e. The Labute approximate surface area is 95.7 Å². The Balaban J connectivity index is 0.00000112. The molecule has 0 radical (unpaired) electrons. The first-order valence-electron chi connectivity index (χ1n) is 4.88. The molecule has 3 N–H and O–H groups in total. The fourth-order valence-corrected chi connectivity index (χ4v) is 1.69. The molecule has 15 heavy (non-hydrogen) atoms. The molecule has 0 spiro atoms. The molecule has 1 aromatic carbocycles. The molecule has 84 valence electrons. The second kappa shape index (κ2) is 4.84. The summed E-state index contributed by atoms with van der Waals surface area (Å²) in [6.45, 7) is 2.46. The minimum Gasteiger partial charge on any atom is -0.493 e. The normalized spacial score (nSPS) is 17.3. The summed E-state index contributed by atoms with van der Waals surface area (Å²) in [5, 5.41) is 9.37. The van der Waals surface area contributed by atoms with Gasteiger partial charge in [-0.1, -0.05) is 12.1 Å². The molecule has 0 fully saturated rings. The number of hydrogen-bond donors (Lipinski definition) is 2. The van der Waals surface area contributed by atoms with Crippen LogP contribution in [0.2, 0.25) is 0 Å². The van der Waals surface area contributed by atoms with Crippen LogP contribution in [0.1, 0.15) is 24.1 Å². The molecule has 1 aliphatic rings. The van der Waals surface area contributed by atoms with Gasteiger partial charge in [0.1, 0.15) is 5.75 Å². The van der Waals surface area contributed by atoms with Crippen molar-refractivity contribution in [3.8, 4) is 5.75 Å². The minimum atomic E-state index is -0.518. The third-order valence-electron chi connectivity index (χ3n) is 2.62. The van der Waals surface area contributed by atoms with E-state index in [1.54, 1.807) is 6.92 Å². The van der Waals surface area contributed by atoms with E-state index < -0.39 is 6.10 Å². The Morgan fingerprint density at radius 2 is 2.20 bits per heavy atom. The van der Waals surface area contributed by atoms with E-state index in [9.17, 15) is 5.11 Å². The highest BCUT2D eigenvalue weighted by molar-refractivity contribution is 5.85. The Morgan fingerprint density at radius 3 is 2.87 bits per heavy atom. The van der Waals surface area contributed by atoms with Crippen LogP contribution >= 0.6 is 12.4 Å². The number of halogens is 1. The quantitative estimate of drug-likeness (QED) is 0.807.